The molecule has 0 radical (unpaired) electrons. The molecule has 0 saturated carbocycles. The van der Waals surface area contributed by atoms with E-state index >= 15 is 0 Å². The molecule has 0 atom stereocenters. The van der Waals surface area contributed by atoms with Crippen LogP contribution in [0.1, 0.15) is 16.2 Å². The topological polar surface area (TPSA) is 56.5 Å². The second-order valence-electron chi connectivity index (χ2n) is 2.88. The highest BCUT2D eigenvalue weighted by Gasteiger charge is 2.07. The Kier molecular flexibility index (Phi) is 1.92. The summed E-state index contributed by atoms with van der Waals surface area (Å²) < 4.78 is 6.35. The van der Waals surface area contributed by atoms with E-state index < -0.39 is 0 Å². The minimum Gasteiger partial charge on any atom is -0.465 e. The first-order valence-corrected chi connectivity index (χ1v) is 4.12. The van der Waals surface area contributed by atoms with Crippen LogP contribution in [0.2, 0.25) is 0 Å². The molecular weight excluding hydrogens is 182 g/mol. The number of hydrogen-bond acceptors (Lipinski definition) is 4. The number of methoxy groups -OCH3 is 1. The number of ether oxygens (including phenoxy) is 1. The fourth-order valence-corrected chi connectivity index (χ4v) is 1.24. The number of aryl methyl sites for hydroxylation is 1. The van der Waals surface area contributed by atoms with Gasteiger partial charge >= 0.3 is 5.97 Å². The molecule has 72 valence electrons. The number of esters is 1. The average Bonchev–Trinajstić information content (AvgIpc) is 2.59. The van der Waals surface area contributed by atoms with E-state index in [2.05, 4.69) is 14.9 Å². The Morgan fingerprint density at radius 1 is 1.43 bits per heavy atom. The summed E-state index contributed by atoms with van der Waals surface area (Å²) in [5.41, 5.74) is 1.21. The Hall–Kier alpha value is -1.91. The van der Waals surface area contributed by atoms with Gasteiger partial charge < -0.3 is 4.74 Å². The van der Waals surface area contributed by atoms with Crippen molar-refractivity contribution in [3.63, 3.8) is 0 Å². The van der Waals surface area contributed by atoms with Crippen molar-refractivity contribution in [2.24, 2.45) is 0 Å². The molecule has 2 heterocycles. The number of carbonyl (C=O) groups excluding carboxylic acids is 1. The Morgan fingerprint density at radius 3 is 2.93 bits per heavy atom. The molecule has 2 aromatic rings. The average molecular weight is 191 g/mol. The van der Waals surface area contributed by atoms with Crippen LogP contribution in [0.25, 0.3) is 5.65 Å². The molecule has 0 aromatic carbocycles. The zero-order chi connectivity index (χ0) is 10.1. The Morgan fingerprint density at radius 2 is 2.21 bits per heavy atom. The third-order valence-electron chi connectivity index (χ3n) is 1.99. The fourth-order valence-electron chi connectivity index (χ4n) is 1.24. The summed E-state index contributed by atoms with van der Waals surface area (Å²) in [6, 6.07) is 3.39. The Bertz CT molecular complexity index is 490. The third kappa shape index (κ3) is 1.22. The summed E-state index contributed by atoms with van der Waals surface area (Å²) in [5.74, 6) is 0.380. The van der Waals surface area contributed by atoms with E-state index in [0.717, 1.165) is 11.5 Å². The lowest BCUT2D eigenvalue weighted by atomic mass is 10.3. The first kappa shape index (κ1) is 8.68. The number of fused-ring (bicyclic) bond motifs is 1. The number of nitrogens with zero attached hydrogens (tertiary/aromatic N) is 3. The predicted molar refractivity (Wildman–Crippen MR) is 49.1 cm³/mol. The van der Waals surface area contributed by atoms with Crippen molar-refractivity contribution in [1.29, 1.82) is 0 Å². The van der Waals surface area contributed by atoms with E-state index in [-0.39, 0.29) is 5.97 Å². The molecule has 0 amide bonds. The lowest BCUT2D eigenvalue weighted by Gasteiger charge is -1.99. The summed E-state index contributed by atoms with van der Waals surface area (Å²) in [4.78, 5) is 11.2. The molecule has 0 bridgehead atoms. The van der Waals surface area contributed by atoms with Crippen molar-refractivity contribution in [2.45, 2.75) is 6.92 Å². The zero-order valence-corrected chi connectivity index (χ0v) is 7.89. The molecule has 0 unspecified atom stereocenters. The quantitative estimate of drug-likeness (QED) is 0.626. The van der Waals surface area contributed by atoms with Crippen molar-refractivity contribution in [1.82, 2.24) is 14.6 Å². The number of aromatic nitrogens is 3. The largest absolute Gasteiger partial charge is 0.465 e. The van der Waals surface area contributed by atoms with Gasteiger partial charge in [0.2, 0.25) is 0 Å². The highest BCUT2D eigenvalue weighted by Crippen LogP contribution is 2.07. The van der Waals surface area contributed by atoms with Gasteiger partial charge in [0.1, 0.15) is 5.82 Å². The summed E-state index contributed by atoms with van der Waals surface area (Å²) in [6.45, 7) is 1.82. The van der Waals surface area contributed by atoms with Gasteiger partial charge in [-0.25, -0.2) is 4.79 Å². The number of pyridine rings is 1. The van der Waals surface area contributed by atoms with Gasteiger partial charge in [-0.05, 0) is 19.1 Å². The standard InChI is InChI=1S/C9H9N3O2/c1-6-10-11-8-4-3-7(5-12(6)8)9(13)14-2/h3-5H,1-2H3. The van der Waals surface area contributed by atoms with Crippen LogP contribution in [-0.4, -0.2) is 27.7 Å². The highest BCUT2D eigenvalue weighted by atomic mass is 16.5. The summed E-state index contributed by atoms with van der Waals surface area (Å²) in [7, 11) is 1.35. The Balaban J connectivity index is 2.60. The van der Waals surface area contributed by atoms with Gasteiger partial charge in [-0.15, -0.1) is 10.2 Å². The van der Waals surface area contributed by atoms with Crippen LogP contribution in [0.15, 0.2) is 18.3 Å². The van der Waals surface area contributed by atoms with Gasteiger partial charge in [-0.3, -0.25) is 4.40 Å². The molecule has 0 fully saturated rings. The van der Waals surface area contributed by atoms with Gasteiger partial charge in [-0.2, -0.15) is 0 Å². The molecule has 0 aliphatic carbocycles. The summed E-state index contributed by atoms with van der Waals surface area (Å²) in [6.07, 6.45) is 1.66. The molecule has 5 nitrogen and oxygen atoms in total. The monoisotopic (exact) mass is 191 g/mol. The minimum atomic E-state index is -0.361. The number of rotatable bonds is 1. The first-order chi connectivity index (χ1) is 6.72. The van der Waals surface area contributed by atoms with E-state index in [1.165, 1.54) is 7.11 Å². The molecule has 0 N–H and O–H groups in total. The normalized spacial score (nSPS) is 10.4. The van der Waals surface area contributed by atoms with Crippen LogP contribution in [0, 0.1) is 6.92 Å². The maximum atomic E-state index is 11.2. The van der Waals surface area contributed by atoms with Crippen LogP contribution in [0.5, 0.6) is 0 Å². The molecule has 0 spiro atoms. The van der Waals surface area contributed by atoms with Gasteiger partial charge in [0.25, 0.3) is 0 Å². The van der Waals surface area contributed by atoms with E-state index in [0.29, 0.717) is 5.56 Å². The molecule has 2 rings (SSSR count). The zero-order valence-electron chi connectivity index (χ0n) is 7.89. The molecule has 2 aromatic heterocycles. The van der Waals surface area contributed by atoms with Crippen LogP contribution < -0.4 is 0 Å². The van der Waals surface area contributed by atoms with Gasteiger partial charge in [0.05, 0.1) is 12.7 Å². The van der Waals surface area contributed by atoms with Crippen molar-refractivity contribution in [3.8, 4) is 0 Å². The maximum absolute atomic E-state index is 11.2. The van der Waals surface area contributed by atoms with Crippen molar-refractivity contribution >= 4 is 11.6 Å². The van der Waals surface area contributed by atoms with Gasteiger partial charge in [0.15, 0.2) is 5.65 Å². The lowest BCUT2D eigenvalue weighted by molar-refractivity contribution is 0.0600. The molecule has 0 aliphatic heterocycles. The fraction of sp³-hybridized carbons (Fsp3) is 0.222. The maximum Gasteiger partial charge on any atom is 0.339 e. The second kappa shape index (κ2) is 3.10. The molecule has 0 saturated heterocycles. The Labute approximate surface area is 80.3 Å². The van der Waals surface area contributed by atoms with Crippen molar-refractivity contribution < 1.29 is 9.53 Å². The lowest BCUT2D eigenvalue weighted by Crippen LogP contribution is -2.03. The number of carbonyl (C=O) groups is 1. The van der Waals surface area contributed by atoms with Crippen molar-refractivity contribution in [3.05, 3.63) is 29.7 Å². The second-order valence-corrected chi connectivity index (χ2v) is 2.88. The molecule has 5 heteroatoms. The van der Waals surface area contributed by atoms with Crippen LogP contribution in [-0.2, 0) is 4.74 Å². The first-order valence-electron chi connectivity index (χ1n) is 4.12. The molecular formula is C9H9N3O2. The van der Waals surface area contributed by atoms with E-state index in [1.807, 2.05) is 6.92 Å². The SMILES string of the molecule is COC(=O)c1ccc2nnc(C)n2c1. The van der Waals surface area contributed by atoms with Crippen LogP contribution in [0.3, 0.4) is 0 Å². The van der Waals surface area contributed by atoms with Gasteiger partial charge in [-0.1, -0.05) is 0 Å². The van der Waals surface area contributed by atoms with Crippen LogP contribution >= 0.6 is 0 Å². The molecule has 14 heavy (non-hydrogen) atoms. The smallest absolute Gasteiger partial charge is 0.339 e. The van der Waals surface area contributed by atoms with E-state index in [4.69, 9.17) is 0 Å². The van der Waals surface area contributed by atoms with E-state index in [1.54, 1.807) is 22.7 Å². The molecule has 0 aliphatic rings. The predicted octanol–water partition coefficient (Wildman–Crippen LogP) is 0.824. The number of hydrogen-bond donors (Lipinski definition) is 0. The van der Waals surface area contributed by atoms with Crippen molar-refractivity contribution in [2.75, 3.05) is 7.11 Å². The summed E-state index contributed by atoms with van der Waals surface area (Å²) >= 11 is 0. The third-order valence-corrected chi connectivity index (χ3v) is 1.99. The summed E-state index contributed by atoms with van der Waals surface area (Å²) in [5, 5.41) is 7.79. The van der Waals surface area contributed by atoms with Crippen LogP contribution in [0.4, 0.5) is 0 Å². The minimum absolute atomic E-state index is 0.361. The highest BCUT2D eigenvalue weighted by molar-refractivity contribution is 5.89. The van der Waals surface area contributed by atoms with Gasteiger partial charge in [0, 0.05) is 6.20 Å². The van der Waals surface area contributed by atoms with E-state index in [9.17, 15) is 4.79 Å².